The molecule has 2 heterocycles. The highest BCUT2D eigenvalue weighted by atomic mass is 35.5. The van der Waals surface area contributed by atoms with Crippen LogP contribution in [0.15, 0.2) is 46.2 Å². The van der Waals surface area contributed by atoms with Gasteiger partial charge in [-0.05, 0) is 36.8 Å². The molecule has 0 aliphatic rings. The molecule has 1 amide bonds. The van der Waals surface area contributed by atoms with Crippen molar-refractivity contribution >= 4 is 35.0 Å². The SMILES string of the molecule is Cc1ccc(NC(=O)CSc2nnc(-c3ccco3)n2N)cc1Cl. The Morgan fingerprint density at radius 3 is 2.96 bits per heavy atom. The number of carbonyl (C=O) groups excluding carboxylic acids is 1. The highest BCUT2D eigenvalue weighted by Gasteiger charge is 2.15. The molecular formula is C15H14ClN5O2S. The fourth-order valence-corrected chi connectivity index (χ4v) is 2.78. The molecule has 3 N–H and O–H groups in total. The number of aromatic nitrogens is 3. The average Bonchev–Trinajstić information content (AvgIpc) is 3.19. The lowest BCUT2D eigenvalue weighted by Crippen LogP contribution is -2.16. The van der Waals surface area contributed by atoms with Gasteiger partial charge in [-0.2, -0.15) is 0 Å². The summed E-state index contributed by atoms with van der Waals surface area (Å²) in [4.78, 5) is 12.0. The van der Waals surface area contributed by atoms with E-state index in [0.29, 0.717) is 27.5 Å². The summed E-state index contributed by atoms with van der Waals surface area (Å²) >= 11 is 7.22. The van der Waals surface area contributed by atoms with Crippen LogP contribution in [0.3, 0.4) is 0 Å². The Kier molecular flexibility index (Phi) is 4.77. The lowest BCUT2D eigenvalue weighted by Gasteiger charge is -2.06. The molecule has 124 valence electrons. The van der Waals surface area contributed by atoms with Crippen LogP contribution >= 0.6 is 23.4 Å². The first-order valence-corrected chi connectivity index (χ1v) is 8.34. The topological polar surface area (TPSA) is 99.0 Å². The molecule has 0 spiro atoms. The smallest absolute Gasteiger partial charge is 0.234 e. The van der Waals surface area contributed by atoms with Crippen LogP contribution in [0.25, 0.3) is 11.6 Å². The molecule has 0 aliphatic heterocycles. The Morgan fingerprint density at radius 2 is 2.25 bits per heavy atom. The summed E-state index contributed by atoms with van der Waals surface area (Å²) in [6, 6.07) is 8.81. The Morgan fingerprint density at radius 1 is 1.42 bits per heavy atom. The van der Waals surface area contributed by atoms with Crippen LogP contribution in [0, 0.1) is 6.92 Å². The number of halogens is 1. The number of nitrogen functional groups attached to an aromatic ring is 1. The predicted molar refractivity (Wildman–Crippen MR) is 93.4 cm³/mol. The summed E-state index contributed by atoms with van der Waals surface area (Å²) in [5.41, 5.74) is 1.59. The Labute approximate surface area is 147 Å². The van der Waals surface area contributed by atoms with Gasteiger partial charge >= 0.3 is 0 Å². The zero-order valence-corrected chi connectivity index (χ0v) is 14.3. The van der Waals surface area contributed by atoms with Crippen LogP contribution in [0.2, 0.25) is 5.02 Å². The van der Waals surface area contributed by atoms with Crippen molar-refractivity contribution in [2.45, 2.75) is 12.1 Å². The van der Waals surface area contributed by atoms with Crippen molar-refractivity contribution in [2.75, 3.05) is 16.9 Å². The fourth-order valence-electron chi connectivity index (χ4n) is 1.95. The Hall–Kier alpha value is -2.45. The van der Waals surface area contributed by atoms with Gasteiger partial charge in [0.1, 0.15) is 0 Å². The predicted octanol–water partition coefficient (Wildman–Crippen LogP) is 2.94. The zero-order valence-electron chi connectivity index (χ0n) is 12.7. The molecule has 3 aromatic rings. The number of nitrogens with two attached hydrogens (primary N) is 1. The third kappa shape index (κ3) is 3.55. The van der Waals surface area contributed by atoms with Crippen molar-refractivity contribution in [2.24, 2.45) is 0 Å². The molecule has 0 saturated carbocycles. The molecule has 0 saturated heterocycles. The van der Waals surface area contributed by atoms with E-state index in [1.54, 1.807) is 24.3 Å². The monoisotopic (exact) mass is 363 g/mol. The summed E-state index contributed by atoms with van der Waals surface area (Å²) in [6.07, 6.45) is 1.52. The number of nitrogens with zero attached hydrogens (tertiary/aromatic N) is 3. The molecule has 7 nitrogen and oxygen atoms in total. The summed E-state index contributed by atoms with van der Waals surface area (Å²) in [7, 11) is 0. The van der Waals surface area contributed by atoms with Gasteiger partial charge in [0.25, 0.3) is 0 Å². The summed E-state index contributed by atoms with van der Waals surface area (Å²) in [5.74, 6) is 6.78. The first kappa shape index (κ1) is 16.4. The second-order valence-corrected chi connectivity index (χ2v) is 6.30. The van der Waals surface area contributed by atoms with Crippen molar-refractivity contribution in [3.8, 4) is 11.6 Å². The number of anilines is 1. The lowest BCUT2D eigenvalue weighted by molar-refractivity contribution is -0.113. The second kappa shape index (κ2) is 6.98. The molecule has 1 aromatic carbocycles. The number of hydrogen-bond acceptors (Lipinski definition) is 6. The maximum atomic E-state index is 12.0. The molecule has 9 heteroatoms. The molecule has 0 unspecified atom stereocenters. The van der Waals surface area contributed by atoms with E-state index in [1.165, 1.54) is 22.7 Å². The Balaban J connectivity index is 1.61. The van der Waals surface area contributed by atoms with Crippen LogP contribution in [0.1, 0.15) is 5.56 Å². The van der Waals surface area contributed by atoms with Crippen LogP contribution in [-0.2, 0) is 4.79 Å². The van der Waals surface area contributed by atoms with Gasteiger partial charge in [0, 0.05) is 10.7 Å². The van der Waals surface area contributed by atoms with Gasteiger partial charge in [0.15, 0.2) is 5.76 Å². The van der Waals surface area contributed by atoms with E-state index in [9.17, 15) is 4.79 Å². The highest BCUT2D eigenvalue weighted by Crippen LogP contribution is 2.23. The van der Waals surface area contributed by atoms with Gasteiger partial charge in [0.05, 0.1) is 12.0 Å². The van der Waals surface area contributed by atoms with Crippen molar-refractivity contribution in [1.82, 2.24) is 14.9 Å². The maximum Gasteiger partial charge on any atom is 0.234 e. The minimum absolute atomic E-state index is 0.138. The van der Waals surface area contributed by atoms with Crippen molar-refractivity contribution in [3.05, 3.63) is 47.2 Å². The molecule has 0 radical (unpaired) electrons. The average molecular weight is 364 g/mol. The number of nitrogens with one attached hydrogen (secondary N) is 1. The van der Waals surface area contributed by atoms with Crippen molar-refractivity contribution in [3.63, 3.8) is 0 Å². The van der Waals surface area contributed by atoms with E-state index in [1.807, 2.05) is 13.0 Å². The van der Waals surface area contributed by atoms with E-state index in [2.05, 4.69) is 15.5 Å². The van der Waals surface area contributed by atoms with Gasteiger partial charge in [0.2, 0.25) is 16.9 Å². The van der Waals surface area contributed by atoms with Crippen LogP contribution in [0.4, 0.5) is 5.69 Å². The van der Waals surface area contributed by atoms with Crippen LogP contribution in [-0.4, -0.2) is 26.5 Å². The molecule has 0 bridgehead atoms. The molecule has 2 aromatic heterocycles. The quantitative estimate of drug-likeness (QED) is 0.534. The molecule has 0 fully saturated rings. The standard InChI is InChI=1S/C15H14ClN5O2S/c1-9-4-5-10(7-11(9)16)18-13(22)8-24-15-20-19-14(21(15)17)12-3-2-6-23-12/h2-7H,8,17H2,1H3,(H,18,22). The lowest BCUT2D eigenvalue weighted by atomic mass is 10.2. The van der Waals surface area contributed by atoms with Gasteiger partial charge in [-0.15, -0.1) is 10.2 Å². The fraction of sp³-hybridized carbons (Fsp3) is 0.133. The number of furan rings is 1. The van der Waals surface area contributed by atoms with E-state index < -0.39 is 0 Å². The van der Waals surface area contributed by atoms with Gasteiger partial charge < -0.3 is 15.6 Å². The van der Waals surface area contributed by atoms with Crippen molar-refractivity contribution < 1.29 is 9.21 Å². The minimum atomic E-state index is -0.192. The van der Waals surface area contributed by atoms with E-state index in [4.69, 9.17) is 21.9 Å². The number of amides is 1. The molecular weight excluding hydrogens is 350 g/mol. The van der Waals surface area contributed by atoms with Crippen LogP contribution in [0.5, 0.6) is 0 Å². The second-order valence-electron chi connectivity index (χ2n) is 4.95. The largest absolute Gasteiger partial charge is 0.461 e. The number of aryl methyl sites for hydroxylation is 1. The minimum Gasteiger partial charge on any atom is -0.461 e. The third-order valence-electron chi connectivity index (χ3n) is 3.19. The molecule has 0 atom stereocenters. The highest BCUT2D eigenvalue weighted by molar-refractivity contribution is 7.99. The first-order valence-electron chi connectivity index (χ1n) is 6.98. The number of rotatable bonds is 5. The number of thioether (sulfide) groups is 1. The third-order valence-corrected chi connectivity index (χ3v) is 4.54. The van der Waals surface area contributed by atoms with Gasteiger partial charge in [-0.3, -0.25) is 4.79 Å². The van der Waals surface area contributed by atoms with E-state index in [-0.39, 0.29) is 11.7 Å². The van der Waals surface area contributed by atoms with Crippen molar-refractivity contribution in [1.29, 1.82) is 0 Å². The van der Waals surface area contributed by atoms with Gasteiger partial charge in [-0.25, -0.2) is 4.68 Å². The summed E-state index contributed by atoms with van der Waals surface area (Å²) in [5, 5.41) is 11.7. The van der Waals surface area contributed by atoms with E-state index in [0.717, 1.165) is 5.56 Å². The van der Waals surface area contributed by atoms with E-state index >= 15 is 0 Å². The number of hydrogen-bond donors (Lipinski definition) is 2. The van der Waals surface area contributed by atoms with Crippen LogP contribution < -0.4 is 11.2 Å². The molecule has 24 heavy (non-hydrogen) atoms. The summed E-state index contributed by atoms with van der Waals surface area (Å²) < 4.78 is 6.53. The Bertz CT molecular complexity index is 863. The number of benzene rings is 1. The first-order chi connectivity index (χ1) is 11.5. The molecule has 0 aliphatic carbocycles. The summed E-state index contributed by atoms with van der Waals surface area (Å²) in [6.45, 7) is 1.90. The molecule has 3 rings (SSSR count). The van der Waals surface area contributed by atoms with Gasteiger partial charge in [-0.1, -0.05) is 29.4 Å². The normalized spacial score (nSPS) is 10.8. The number of carbonyl (C=O) groups is 1. The zero-order chi connectivity index (χ0) is 17.1. The maximum absolute atomic E-state index is 12.0.